The van der Waals surface area contributed by atoms with Crippen molar-refractivity contribution < 1.29 is 14.1 Å². The number of piperidine rings is 1. The first-order valence-corrected chi connectivity index (χ1v) is 7.66. The van der Waals surface area contributed by atoms with E-state index in [0.717, 1.165) is 24.4 Å². The summed E-state index contributed by atoms with van der Waals surface area (Å²) in [5.74, 6) is 2.30. The first kappa shape index (κ1) is 15.3. The molecule has 1 saturated heterocycles. The molecule has 1 fully saturated rings. The van der Waals surface area contributed by atoms with Crippen LogP contribution >= 0.6 is 0 Å². The first-order chi connectivity index (χ1) is 11.2. The quantitative estimate of drug-likeness (QED) is 0.941. The van der Waals surface area contributed by atoms with Gasteiger partial charge in [0.1, 0.15) is 5.75 Å². The van der Waals surface area contributed by atoms with Crippen molar-refractivity contribution in [2.45, 2.75) is 25.7 Å². The number of nitrogens with zero attached hydrogens (tertiary/aromatic N) is 3. The summed E-state index contributed by atoms with van der Waals surface area (Å²) in [5, 5.41) is 6.88. The fourth-order valence-corrected chi connectivity index (χ4v) is 2.72. The van der Waals surface area contributed by atoms with Crippen molar-refractivity contribution in [1.29, 1.82) is 0 Å². The summed E-state index contributed by atoms with van der Waals surface area (Å²) in [6, 6.07) is 7.23. The number of hydrogen-bond acceptors (Lipinski definition) is 5. The monoisotopic (exact) mass is 316 g/mol. The zero-order valence-electron chi connectivity index (χ0n) is 13.3. The number of rotatable bonds is 3. The van der Waals surface area contributed by atoms with Gasteiger partial charge in [0, 0.05) is 37.7 Å². The molecule has 7 nitrogen and oxygen atoms in total. The smallest absolute Gasteiger partial charge is 0.321 e. The van der Waals surface area contributed by atoms with Crippen LogP contribution in [0.1, 0.15) is 30.5 Å². The Balaban J connectivity index is 1.55. The van der Waals surface area contributed by atoms with Crippen LogP contribution in [0.5, 0.6) is 5.75 Å². The highest BCUT2D eigenvalue weighted by Crippen LogP contribution is 2.26. The summed E-state index contributed by atoms with van der Waals surface area (Å²) in [5.41, 5.74) is 0.727. The number of carbonyl (C=O) groups is 1. The molecule has 1 aliphatic rings. The molecule has 0 aliphatic carbocycles. The number of amides is 2. The summed E-state index contributed by atoms with van der Waals surface area (Å²) in [4.78, 5) is 18.4. The fraction of sp³-hybridized carbons (Fsp3) is 0.438. The number of urea groups is 1. The van der Waals surface area contributed by atoms with E-state index in [2.05, 4.69) is 15.5 Å². The predicted molar refractivity (Wildman–Crippen MR) is 84.6 cm³/mol. The Hall–Kier alpha value is -2.57. The predicted octanol–water partition coefficient (Wildman–Crippen LogP) is 2.80. The third kappa shape index (κ3) is 3.61. The topological polar surface area (TPSA) is 80.5 Å². The lowest BCUT2D eigenvalue weighted by Crippen LogP contribution is -2.40. The number of anilines is 1. The highest BCUT2D eigenvalue weighted by molar-refractivity contribution is 5.89. The Morgan fingerprint density at radius 2 is 2.17 bits per heavy atom. The van der Waals surface area contributed by atoms with Gasteiger partial charge in [-0.05, 0) is 25.0 Å². The van der Waals surface area contributed by atoms with E-state index in [0.29, 0.717) is 24.7 Å². The van der Waals surface area contributed by atoms with Crippen molar-refractivity contribution >= 4 is 11.7 Å². The average molecular weight is 316 g/mol. The van der Waals surface area contributed by atoms with Crippen molar-refractivity contribution in [1.82, 2.24) is 15.0 Å². The van der Waals surface area contributed by atoms with Crippen LogP contribution in [0.4, 0.5) is 10.5 Å². The first-order valence-electron chi connectivity index (χ1n) is 7.66. The molecule has 1 N–H and O–H groups in total. The van der Waals surface area contributed by atoms with Crippen molar-refractivity contribution in [3.63, 3.8) is 0 Å². The lowest BCUT2D eigenvalue weighted by molar-refractivity contribution is 0.193. The van der Waals surface area contributed by atoms with Crippen molar-refractivity contribution in [3.05, 3.63) is 36.0 Å². The van der Waals surface area contributed by atoms with Gasteiger partial charge < -0.3 is 19.5 Å². The van der Waals surface area contributed by atoms with Crippen LogP contribution in [-0.4, -0.2) is 41.3 Å². The van der Waals surface area contributed by atoms with Gasteiger partial charge in [-0.2, -0.15) is 4.98 Å². The molecule has 1 aromatic carbocycles. The highest BCUT2D eigenvalue weighted by Gasteiger charge is 2.26. The molecule has 7 heteroatoms. The van der Waals surface area contributed by atoms with Crippen LogP contribution in [0, 0.1) is 6.92 Å². The van der Waals surface area contributed by atoms with E-state index in [1.54, 1.807) is 20.1 Å². The number of nitrogens with one attached hydrogen (secondary N) is 1. The van der Waals surface area contributed by atoms with Gasteiger partial charge in [0.05, 0.1) is 7.11 Å². The molecule has 0 unspecified atom stereocenters. The van der Waals surface area contributed by atoms with E-state index in [-0.39, 0.29) is 11.9 Å². The Morgan fingerprint density at radius 1 is 1.39 bits per heavy atom. The minimum Gasteiger partial charge on any atom is -0.497 e. The Kier molecular flexibility index (Phi) is 4.45. The van der Waals surface area contributed by atoms with Crippen LogP contribution in [0.2, 0.25) is 0 Å². The van der Waals surface area contributed by atoms with Gasteiger partial charge in [0.2, 0.25) is 5.89 Å². The van der Waals surface area contributed by atoms with Crippen LogP contribution in [0.3, 0.4) is 0 Å². The number of methoxy groups -OCH3 is 1. The standard InChI is InChI=1S/C16H20N4O3/c1-11-17-15(19-23-11)12-6-8-20(9-7-12)16(21)18-13-4-3-5-14(10-13)22-2/h3-5,10,12H,6-9H2,1-2H3,(H,18,21). The number of likely N-dealkylation sites (tertiary alicyclic amines) is 1. The number of aromatic nitrogens is 2. The van der Waals surface area contributed by atoms with Gasteiger partial charge >= 0.3 is 6.03 Å². The number of benzene rings is 1. The molecular weight excluding hydrogens is 296 g/mol. The minimum atomic E-state index is -0.0963. The largest absolute Gasteiger partial charge is 0.497 e. The van der Waals surface area contributed by atoms with E-state index in [1.807, 2.05) is 23.1 Å². The van der Waals surface area contributed by atoms with Crippen molar-refractivity contribution in [3.8, 4) is 5.75 Å². The van der Waals surface area contributed by atoms with Gasteiger partial charge in [-0.15, -0.1) is 0 Å². The molecule has 3 rings (SSSR count). The minimum absolute atomic E-state index is 0.0963. The van der Waals surface area contributed by atoms with E-state index in [9.17, 15) is 4.79 Å². The van der Waals surface area contributed by atoms with Crippen LogP contribution < -0.4 is 10.1 Å². The van der Waals surface area contributed by atoms with Gasteiger partial charge in [0.15, 0.2) is 5.82 Å². The normalized spacial score (nSPS) is 15.5. The highest BCUT2D eigenvalue weighted by atomic mass is 16.5. The number of ether oxygens (including phenoxy) is 1. The molecule has 0 bridgehead atoms. The summed E-state index contributed by atoms with van der Waals surface area (Å²) < 4.78 is 10.2. The molecule has 0 spiro atoms. The number of carbonyl (C=O) groups excluding carboxylic acids is 1. The fourth-order valence-electron chi connectivity index (χ4n) is 2.72. The van der Waals surface area contributed by atoms with Gasteiger partial charge in [-0.1, -0.05) is 11.2 Å². The SMILES string of the molecule is COc1cccc(NC(=O)N2CCC(c3noc(C)n3)CC2)c1. The zero-order valence-corrected chi connectivity index (χ0v) is 13.3. The molecule has 1 aromatic heterocycles. The Labute approximate surface area is 134 Å². The molecule has 0 radical (unpaired) electrons. The molecule has 0 atom stereocenters. The molecular formula is C16H20N4O3. The van der Waals surface area contributed by atoms with Gasteiger partial charge in [0.25, 0.3) is 0 Å². The maximum atomic E-state index is 12.3. The van der Waals surface area contributed by atoms with Crippen LogP contribution in [0.25, 0.3) is 0 Å². The molecule has 1 aliphatic heterocycles. The van der Waals surface area contributed by atoms with E-state index >= 15 is 0 Å². The van der Waals surface area contributed by atoms with Crippen LogP contribution in [-0.2, 0) is 0 Å². The average Bonchev–Trinajstić information content (AvgIpc) is 3.01. The van der Waals surface area contributed by atoms with E-state index in [4.69, 9.17) is 9.26 Å². The second-order valence-corrected chi connectivity index (χ2v) is 5.60. The van der Waals surface area contributed by atoms with E-state index < -0.39 is 0 Å². The summed E-state index contributed by atoms with van der Waals surface area (Å²) in [7, 11) is 1.60. The molecule has 2 amide bonds. The van der Waals surface area contributed by atoms with E-state index in [1.165, 1.54) is 0 Å². The lowest BCUT2D eigenvalue weighted by Gasteiger charge is -2.30. The maximum Gasteiger partial charge on any atom is 0.321 e. The molecule has 2 heterocycles. The summed E-state index contributed by atoms with van der Waals surface area (Å²) in [6.45, 7) is 3.13. The third-order valence-corrected chi connectivity index (χ3v) is 4.01. The molecule has 122 valence electrons. The van der Waals surface area contributed by atoms with Crippen molar-refractivity contribution in [2.24, 2.45) is 0 Å². The summed E-state index contributed by atoms with van der Waals surface area (Å²) in [6.07, 6.45) is 1.68. The lowest BCUT2D eigenvalue weighted by atomic mass is 9.96. The molecule has 2 aromatic rings. The van der Waals surface area contributed by atoms with Crippen molar-refractivity contribution in [2.75, 3.05) is 25.5 Å². The van der Waals surface area contributed by atoms with Crippen LogP contribution in [0.15, 0.2) is 28.8 Å². The second-order valence-electron chi connectivity index (χ2n) is 5.60. The third-order valence-electron chi connectivity index (χ3n) is 4.01. The number of hydrogen-bond donors (Lipinski definition) is 1. The maximum absolute atomic E-state index is 12.3. The molecule has 23 heavy (non-hydrogen) atoms. The van der Waals surface area contributed by atoms with Gasteiger partial charge in [-0.25, -0.2) is 4.79 Å². The van der Waals surface area contributed by atoms with Gasteiger partial charge in [-0.3, -0.25) is 0 Å². The molecule has 0 saturated carbocycles. The summed E-state index contributed by atoms with van der Waals surface area (Å²) >= 11 is 0. The Morgan fingerprint density at radius 3 is 2.83 bits per heavy atom. The number of aryl methyl sites for hydroxylation is 1. The zero-order chi connectivity index (χ0) is 16.2. The Bertz CT molecular complexity index is 677. The second kappa shape index (κ2) is 6.68.